The summed E-state index contributed by atoms with van der Waals surface area (Å²) in [6.07, 6.45) is -2.12. The molecule has 0 aliphatic heterocycles. The molecule has 0 radical (unpaired) electrons. The topological polar surface area (TPSA) is 23.6 Å². The Hall–Kier alpha value is -1.56. The van der Waals surface area contributed by atoms with Gasteiger partial charge >= 0.3 is 6.18 Å². The number of halogens is 3. The van der Waals surface area contributed by atoms with Crippen molar-refractivity contribution in [1.29, 1.82) is 0 Å². The molecule has 0 spiro atoms. The van der Waals surface area contributed by atoms with E-state index in [0.717, 1.165) is 23.3 Å². The van der Waals surface area contributed by atoms with Crippen LogP contribution in [0, 0.1) is 5.92 Å². The van der Waals surface area contributed by atoms with Gasteiger partial charge in [0.2, 0.25) is 5.91 Å². The molecule has 0 saturated heterocycles. The predicted octanol–water partition coefficient (Wildman–Crippen LogP) is 3.31. The van der Waals surface area contributed by atoms with Gasteiger partial charge in [-0.25, -0.2) is 0 Å². The fourth-order valence-electron chi connectivity index (χ4n) is 2.69. The van der Waals surface area contributed by atoms with Gasteiger partial charge in [-0.3, -0.25) is 9.69 Å². The lowest BCUT2D eigenvalue weighted by atomic mass is 10.1. The minimum absolute atomic E-state index is 0.0130. The van der Waals surface area contributed by atoms with Gasteiger partial charge in [-0.05, 0) is 31.2 Å². The van der Waals surface area contributed by atoms with Crippen LogP contribution in [0.3, 0.4) is 0 Å². The van der Waals surface area contributed by atoms with Crippen LogP contribution < -0.4 is 0 Å². The molecule has 6 heteroatoms. The molecular weight excluding hydrogens is 305 g/mol. The highest BCUT2D eigenvalue weighted by Crippen LogP contribution is 2.35. The molecule has 0 heterocycles. The first-order valence-corrected chi connectivity index (χ1v) is 7.85. The maximum absolute atomic E-state index is 12.4. The molecule has 3 nitrogen and oxygen atoms in total. The number of nitrogens with zero attached hydrogens (tertiary/aromatic N) is 2. The average Bonchev–Trinajstić information content (AvgIpc) is 3.29. The number of carbonyl (C=O) groups excluding carboxylic acids is 1. The van der Waals surface area contributed by atoms with Gasteiger partial charge < -0.3 is 4.90 Å². The van der Waals surface area contributed by atoms with Crippen LogP contribution in [0.15, 0.2) is 30.3 Å². The van der Waals surface area contributed by atoms with Gasteiger partial charge in [-0.2, -0.15) is 13.2 Å². The van der Waals surface area contributed by atoms with Crippen molar-refractivity contribution in [1.82, 2.24) is 9.80 Å². The second-order valence-electron chi connectivity index (χ2n) is 6.33. The minimum atomic E-state index is -4.36. The largest absolute Gasteiger partial charge is 0.406 e. The molecule has 1 saturated carbocycles. The van der Waals surface area contributed by atoms with E-state index < -0.39 is 18.6 Å². The number of benzene rings is 1. The Morgan fingerprint density at radius 1 is 1.26 bits per heavy atom. The standard InChI is InChI=1S/C17H23F3N2O/c1-13(15-8-9-15)22(10-14-6-4-3-5-7-14)11-16(23)21(2)12-17(18,19)20/h3-7,13,15H,8-12H2,1-2H3. The Morgan fingerprint density at radius 2 is 1.87 bits per heavy atom. The van der Waals surface area contributed by atoms with Crippen molar-refractivity contribution in [3.05, 3.63) is 35.9 Å². The summed E-state index contributed by atoms with van der Waals surface area (Å²) < 4.78 is 37.3. The molecule has 1 aromatic carbocycles. The van der Waals surface area contributed by atoms with E-state index in [-0.39, 0.29) is 12.6 Å². The zero-order valence-electron chi connectivity index (χ0n) is 13.5. The van der Waals surface area contributed by atoms with E-state index in [4.69, 9.17) is 0 Å². The quantitative estimate of drug-likeness (QED) is 0.767. The van der Waals surface area contributed by atoms with Gasteiger partial charge in [0.25, 0.3) is 0 Å². The van der Waals surface area contributed by atoms with Crippen molar-refractivity contribution in [2.75, 3.05) is 20.1 Å². The van der Waals surface area contributed by atoms with Crippen molar-refractivity contribution in [2.24, 2.45) is 5.92 Å². The normalized spacial score (nSPS) is 16.4. The van der Waals surface area contributed by atoms with Crippen LogP contribution in [0.1, 0.15) is 25.3 Å². The molecule has 1 aliphatic rings. The van der Waals surface area contributed by atoms with E-state index in [0.29, 0.717) is 12.5 Å². The summed E-state index contributed by atoms with van der Waals surface area (Å²) in [7, 11) is 1.21. The van der Waals surface area contributed by atoms with Crippen LogP contribution in [0.2, 0.25) is 0 Å². The molecule has 23 heavy (non-hydrogen) atoms. The molecule has 1 aliphatic carbocycles. The summed E-state index contributed by atoms with van der Waals surface area (Å²) in [4.78, 5) is 14.9. The highest BCUT2D eigenvalue weighted by molar-refractivity contribution is 5.78. The summed E-state index contributed by atoms with van der Waals surface area (Å²) in [6.45, 7) is 1.43. The van der Waals surface area contributed by atoms with Crippen LogP contribution in [-0.2, 0) is 11.3 Å². The monoisotopic (exact) mass is 328 g/mol. The van der Waals surface area contributed by atoms with E-state index >= 15 is 0 Å². The summed E-state index contributed by atoms with van der Waals surface area (Å²) in [5.74, 6) is 0.0465. The second-order valence-corrected chi connectivity index (χ2v) is 6.33. The van der Waals surface area contributed by atoms with E-state index in [1.165, 1.54) is 7.05 Å². The van der Waals surface area contributed by atoms with Crippen molar-refractivity contribution in [3.63, 3.8) is 0 Å². The maximum Gasteiger partial charge on any atom is 0.406 e. The van der Waals surface area contributed by atoms with E-state index in [1.54, 1.807) is 0 Å². The van der Waals surface area contributed by atoms with E-state index in [1.807, 2.05) is 35.2 Å². The smallest absolute Gasteiger partial charge is 0.336 e. The maximum atomic E-state index is 12.4. The zero-order chi connectivity index (χ0) is 17.0. The number of likely N-dealkylation sites (N-methyl/N-ethyl adjacent to an activating group) is 1. The lowest BCUT2D eigenvalue weighted by Gasteiger charge is -2.30. The average molecular weight is 328 g/mol. The Labute approximate surface area is 135 Å². The van der Waals surface area contributed by atoms with Crippen LogP contribution in [0.4, 0.5) is 13.2 Å². The highest BCUT2D eigenvalue weighted by atomic mass is 19.4. The predicted molar refractivity (Wildman–Crippen MR) is 82.7 cm³/mol. The first-order chi connectivity index (χ1) is 10.8. The molecule has 1 atom stereocenters. The molecular formula is C17H23F3N2O. The Balaban J connectivity index is 2.00. The third kappa shape index (κ3) is 5.86. The SMILES string of the molecule is CC(C1CC1)N(CC(=O)N(C)CC(F)(F)F)Cc1ccccc1. The van der Waals surface area contributed by atoms with Gasteiger partial charge in [0.1, 0.15) is 6.54 Å². The van der Waals surface area contributed by atoms with Crippen LogP contribution in [-0.4, -0.2) is 48.1 Å². The zero-order valence-corrected chi connectivity index (χ0v) is 13.5. The number of carbonyl (C=O) groups is 1. The highest BCUT2D eigenvalue weighted by Gasteiger charge is 2.35. The van der Waals surface area contributed by atoms with Gasteiger partial charge in [0.05, 0.1) is 6.54 Å². The van der Waals surface area contributed by atoms with Crippen LogP contribution >= 0.6 is 0 Å². The fraction of sp³-hybridized carbons (Fsp3) is 0.588. The summed E-state index contributed by atoms with van der Waals surface area (Å²) in [5, 5.41) is 0. The van der Waals surface area contributed by atoms with Gasteiger partial charge in [0.15, 0.2) is 0 Å². The number of amides is 1. The number of hydrogen-bond acceptors (Lipinski definition) is 2. The van der Waals surface area contributed by atoms with Crippen molar-refractivity contribution >= 4 is 5.91 Å². The summed E-state index contributed by atoms with van der Waals surface area (Å²) in [5.41, 5.74) is 1.06. The molecule has 0 bridgehead atoms. The molecule has 1 aromatic rings. The first kappa shape index (κ1) is 17.8. The van der Waals surface area contributed by atoms with Crippen molar-refractivity contribution < 1.29 is 18.0 Å². The molecule has 1 unspecified atom stereocenters. The summed E-state index contributed by atoms with van der Waals surface area (Å²) in [6, 6.07) is 9.89. The second kappa shape index (κ2) is 7.34. The van der Waals surface area contributed by atoms with E-state index in [9.17, 15) is 18.0 Å². The first-order valence-electron chi connectivity index (χ1n) is 7.85. The lowest BCUT2D eigenvalue weighted by molar-refractivity contribution is -0.159. The minimum Gasteiger partial charge on any atom is -0.336 e. The molecule has 2 rings (SSSR count). The molecule has 1 fully saturated rings. The van der Waals surface area contributed by atoms with Gasteiger partial charge in [-0.15, -0.1) is 0 Å². The van der Waals surface area contributed by atoms with Crippen molar-refractivity contribution in [2.45, 2.75) is 38.5 Å². The Morgan fingerprint density at radius 3 is 2.39 bits per heavy atom. The van der Waals surface area contributed by atoms with Crippen LogP contribution in [0.5, 0.6) is 0 Å². The molecule has 128 valence electrons. The lowest BCUT2D eigenvalue weighted by Crippen LogP contribution is -2.45. The Kier molecular flexibility index (Phi) is 5.68. The molecule has 0 N–H and O–H groups in total. The number of rotatable bonds is 7. The van der Waals surface area contributed by atoms with Gasteiger partial charge in [-0.1, -0.05) is 30.3 Å². The molecule has 1 amide bonds. The summed E-state index contributed by atoms with van der Waals surface area (Å²) >= 11 is 0. The van der Waals surface area contributed by atoms with Crippen LogP contribution in [0.25, 0.3) is 0 Å². The van der Waals surface area contributed by atoms with Crippen molar-refractivity contribution in [3.8, 4) is 0 Å². The third-order valence-electron chi connectivity index (χ3n) is 4.29. The Bertz CT molecular complexity index is 514. The molecule has 0 aromatic heterocycles. The number of hydrogen-bond donors (Lipinski definition) is 0. The fourth-order valence-corrected chi connectivity index (χ4v) is 2.69. The number of alkyl halides is 3. The van der Waals surface area contributed by atoms with Gasteiger partial charge in [0, 0.05) is 19.6 Å². The third-order valence-corrected chi connectivity index (χ3v) is 4.29. The van der Waals surface area contributed by atoms with E-state index in [2.05, 4.69) is 6.92 Å².